The van der Waals surface area contributed by atoms with E-state index in [1.807, 2.05) is 0 Å². The first kappa shape index (κ1) is 19.6. The number of nitrogens with zero attached hydrogens (tertiary/aromatic N) is 4. The molecule has 0 bridgehead atoms. The number of aliphatic carboxylic acids is 1. The van der Waals surface area contributed by atoms with E-state index < -0.39 is 12.0 Å². The van der Waals surface area contributed by atoms with Gasteiger partial charge in [-0.25, -0.2) is 9.78 Å². The fraction of sp³-hybridized carbons (Fsp3) is 0.571. The van der Waals surface area contributed by atoms with E-state index in [-0.39, 0.29) is 11.2 Å². The Balaban J connectivity index is 0.000000257. The van der Waals surface area contributed by atoms with Crippen molar-refractivity contribution in [2.75, 3.05) is 6.54 Å². The fourth-order valence-corrected chi connectivity index (χ4v) is 2.10. The highest BCUT2D eigenvalue weighted by molar-refractivity contribution is 5.72. The predicted molar refractivity (Wildman–Crippen MR) is 89.7 cm³/mol. The number of nitrogens with two attached hydrogens (primary N) is 2. The summed E-state index contributed by atoms with van der Waals surface area (Å²) in [6.07, 6.45) is 3.68. The van der Waals surface area contributed by atoms with Crippen LogP contribution in [0.1, 0.15) is 19.3 Å². The lowest BCUT2D eigenvalue weighted by molar-refractivity contribution is -0.138. The Kier molecular flexibility index (Phi) is 6.86. The summed E-state index contributed by atoms with van der Waals surface area (Å²) >= 11 is 0. The van der Waals surface area contributed by atoms with Gasteiger partial charge in [0.2, 0.25) is 0 Å². The van der Waals surface area contributed by atoms with E-state index in [0.717, 1.165) is 17.4 Å². The van der Waals surface area contributed by atoms with E-state index in [0.29, 0.717) is 24.1 Å². The number of carboxylic acid groups (broad SMARTS) is 1. The molecule has 0 saturated heterocycles. The number of hydrogen-bond acceptors (Lipinski definition) is 6. The fourth-order valence-electron chi connectivity index (χ4n) is 2.10. The lowest BCUT2D eigenvalue weighted by atomic mass is 10.1. The van der Waals surface area contributed by atoms with E-state index >= 15 is 0 Å². The maximum atomic E-state index is 11.7. The van der Waals surface area contributed by atoms with Crippen molar-refractivity contribution in [3.8, 4) is 0 Å². The maximum absolute atomic E-state index is 11.7. The number of imidazole rings is 1. The van der Waals surface area contributed by atoms with Crippen LogP contribution in [0.2, 0.25) is 0 Å². The van der Waals surface area contributed by atoms with Crippen molar-refractivity contribution in [2.24, 2.45) is 32.6 Å². The molecule has 2 aromatic heterocycles. The first-order chi connectivity index (χ1) is 11.2. The number of carbonyl (C=O) groups is 1. The van der Waals surface area contributed by atoms with E-state index in [4.69, 9.17) is 16.6 Å². The maximum Gasteiger partial charge on any atom is 0.332 e. The number of carboxylic acids is 1. The first-order valence-electron chi connectivity index (χ1n) is 7.47. The molecule has 10 nitrogen and oxygen atoms in total. The second-order valence-electron chi connectivity index (χ2n) is 5.46. The van der Waals surface area contributed by atoms with Gasteiger partial charge in [0.1, 0.15) is 6.04 Å². The van der Waals surface area contributed by atoms with Crippen LogP contribution in [0.25, 0.3) is 11.2 Å². The van der Waals surface area contributed by atoms with Crippen LogP contribution in [-0.2, 0) is 25.9 Å². The van der Waals surface area contributed by atoms with Crippen LogP contribution >= 0.6 is 0 Å². The van der Waals surface area contributed by atoms with Crippen LogP contribution in [0, 0.1) is 0 Å². The van der Waals surface area contributed by atoms with Crippen molar-refractivity contribution < 1.29 is 9.90 Å². The Hall–Kier alpha value is -2.46. The number of aromatic nitrogens is 4. The Morgan fingerprint density at radius 3 is 2.42 bits per heavy atom. The van der Waals surface area contributed by atoms with Crippen molar-refractivity contribution in [3.63, 3.8) is 0 Å². The van der Waals surface area contributed by atoms with Crippen molar-refractivity contribution >= 4 is 17.1 Å². The zero-order valence-corrected chi connectivity index (χ0v) is 14.1. The smallest absolute Gasteiger partial charge is 0.332 e. The lowest BCUT2D eigenvalue weighted by Crippen LogP contribution is -2.37. The zero-order valence-electron chi connectivity index (χ0n) is 14.1. The summed E-state index contributed by atoms with van der Waals surface area (Å²) < 4.78 is 4.04. The zero-order chi connectivity index (χ0) is 18.4. The summed E-state index contributed by atoms with van der Waals surface area (Å²) in [5.74, 6) is -0.933. The van der Waals surface area contributed by atoms with Gasteiger partial charge in [-0.05, 0) is 19.4 Å². The van der Waals surface area contributed by atoms with Crippen molar-refractivity contribution in [3.05, 3.63) is 27.2 Å². The molecule has 0 amide bonds. The highest BCUT2D eigenvalue weighted by atomic mass is 16.4. The van der Waals surface area contributed by atoms with E-state index in [1.165, 1.54) is 17.9 Å². The van der Waals surface area contributed by atoms with Crippen LogP contribution in [0.15, 0.2) is 15.9 Å². The van der Waals surface area contributed by atoms with Gasteiger partial charge in [-0.1, -0.05) is 6.42 Å². The van der Waals surface area contributed by atoms with Crippen LogP contribution in [0.5, 0.6) is 0 Å². The van der Waals surface area contributed by atoms with Gasteiger partial charge in [0.05, 0.1) is 6.33 Å². The molecule has 10 heteroatoms. The molecule has 1 atom stereocenters. The van der Waals surface area contributed by atoms with Crippen LogP contribution in [0.4, 0.5) is 0 Å². The second kappa shape index (κ2) is 8.41. The lowest BCUT2D eigenvalue weighted by Gasteiger charge is -2.03. The van der Waals surface area contributed by atoms with Crippen molar-refractivity contribution in [1.82, 2.24) is 18.7 Å². The van der Waals surface area contributed by atoms with Gasteiger partial charge in [0.25, 0.3) is 5.56 Å². The molecule has 2 aromatic rings. The number of rotatable bonds is 5. The van der Waals surface area contributed by atoms with E-state index in [2.05, 4.69) is 4.98 Å². The highest BCUT2D eigenvalue weighted by Crippen LogP contribution is 2.01. The van der Waals surface area contributed by atoms with Gasteiger partial charge in [-0.3, -0.25) is 18.7 Å². The summed E-state index contributed by atoms with van der Waals surface area (Å²) in [5, 5.41) is 8.33. The largest absolute Gasteiger partial charge is 0.480 e. The van der Waals surface area contributed by atoms with Crippen LogP contribution in [-0.4, -0.2) is 42.3 Å². The van der Waals surface area contributed by atoms with Crippen LogP contribution in [0.3, 0.4) is 0 Å². The molecule has 5 N–H and O–H groups in total. The molecule has 0 aliphatic rings. The molecule has 0 fully saturated rings. The number of unbranched alkanes of at least 4 members (excludes halogenated alkanes) is 1. The monoisotopic (exact) mass is 340 g/mol. The molecule has 134 valence electrons. The van der Waals surface area contributed by atoms with Crippen LogP contribution < -0.4 is 22.7 Å². The van der Waals surface area contributed by atoms with Gasteiger partial charge < -0.3 is 21.1 Å². The van der Waals surface area contributed by atoms with E-state index in [9.17, 15) is 14.4 Å². The first-order valence-corrected chi connectivity index (χ1v) is 7.47. The number of hydrogen-bond donors (Lipinski definition) is 3. The van der Waals surface area contributed by atoms with Gasteiger partial charge in [-0.15, -0.1) is 0 Å². The third-order valence-electron chi connectivity index (χ3n) is 3.60. The molecule has 0 aromatic carbocycles. The molecule has 0 aliphatic carbocycles. The molecule has 1 unspecified atom stereocenters. The molecule has 0 radical (unpaired) electrons. The topological polar surface area (TPSA) is 151 Å². The minimum Gasteiger partial charge on any atom is -0.480 e. The standard InChI is InChI=1S/C8H10N4O2.C6H14N2O2/c1-10-4-9-6-5(10)7(13)12(3)8(14)11(6)2;7-4-2-1-3-5(8)6(9)10/h4H,1-3H3;5H,1-4,7-8H2,(H,9,10). The molecule has 2 heterocycles. The third kappa shape index (κ3) is 4.30. The molecule has 0 saturated carbocycles. The molecular weight excluding hydrogens is 316 g/mol. The molecular formula is C14H24N6O4. The minimum absolute atomic E-state index is 0.317. The molecule has 0 spiro atoms. The highest BCUT2D eigenvalue weighted by Gasteiger charge is 2.11. The predicted octanol–water partition coefficient (Wildman–Crippen LogP) is -1.50. The van der Waals surface area contributed by atoms with Crippen molar-refractivity contribution in [1.29, 1.82) is 0 Å². The average Bonchev–Trinajstić information content (AvgIpc) is 2.93. The molecule has 24 heavy (non-hydrogen) atoms. The summed E-state index contributed by atoms with van der Waals surface area (Å²) in [4.78, 5) is 37.3. The summed E-state index contributed by atoms with van der Waals surface area (Å²) in [5.41, 5.74) is 10.6. The van der Waals surface area contributed by atoms with Gasteiger partial charge in [-0.2, -0.15) is 0 Å². The summed E-state index contributed by atoms with van der Waals surface area (Å²) in [6, 6.07) is -0.716. The summed E-state index contributed by atoms with van der Waals surface area (Å²) in [6.45, 7) is 0.604. The van der Waals surface area contributed by atoms with E-state index in [1.54, 1.807) is 18.7 Å². The van der Waals surface area contributed by atoms with Gasteiger partial charge >= 0.3 is 11.7 Å². The Morgan fingerprint density at radius 1 is 1.25 bits per heavy atom. The normalized spacial score (nSPS) is 11.9. The average molecular weight is 340 g/mol. The van der Waals surface area contributed by atoms with Crippen molar-refractivity contribution in [2.45, 2.75) is 25.3 Å². The molecule has 0 aliphatic heterocycles. The molecule has 2 rings (SSSR count). The minimum atomic E-state index is -0.933. The Bertz CT molecular complexity index is 819. The Labute approximate surface area is 138 Å². The number of fused-ring (bicyclic) bond motifs is 1. The Morgan fingerprint density at radius 2 is 1.88 bits per heavy atom. The third-order valence-corrected chi connectivity index (χ3v) is 3.60. The van der Waals surface area contributed by atoms with Gasteiger partial charge in [0, 0.05) is 21.1 Å². The summed E-state index contributed by atoms with van der Waals surface area (Å²) in [7, 11) is 4.77. The SMILES string of the molecule is Cn1c(=O)c2c(ncn2C)n(C)c1=O.NCCCCC(N)C(=O)O. The van der Waals surface area contributed by atoms with Gasteiger partial charge in [0.15, 0.2) is 11.2 Å². The number of aryl methyl sites for hydroxylation is 2. The quantitative estimate of drug-likeness (QED) is 0.560. The second-order valence-corrected chi connectivity index (χ2v) is 5.46.